The van der Waals surface area contributed by atoms with Crippen LogP contribution in [0.4, 0.5) is 4.39 Å². The molecule has 0 amide bonds. The molecule has 10 heavy (non-hydrogen) atoms. The van der Waals surface area contributed by atoms with Crippen molar-refractivity contribution in [2.24, 2.45) is 17.6 Å². The van der Waals surface area contributed by atoms with E-state index in [1.165, 1.54) is 0 Å². The van der Waals surface area contributed by atoms with E-state index in [0.29, 0.717) is 5.92 Å². The van der Waals surface area contributed by atoms with Gasteiger partial charge in [-0.2, -0.15) is 0 Å². The van der Waals surface area contributed by atoms with Crippen LogP contribution in [0.5, 0.6) is 0 Å². The van der Waals surface area contributed by atoms with Crippen LogP contribution in [0, 0.1) is 11.8 Å². The van der Waals surface area contributed by atoms with Gasteiger partial charge in [0.05, 0.1) is 6.67 Å². The maximum absolute atomic E-state index is 12.1. The van der Waals surface area contributed by atoms with E-state index in [1.807, 2.05) is 0 Å². The molecule has 1 aliphatic carbocycles. The van der Waals surface area contributed by atoms with Crippen LogP contribution in [0.25, 0.3) is 0 Å². The van der Waals surface area contributed by atoms with Gasteiger partial charge in [-0.3, -0.25) is 4.39 Å². The van der Waals surface area contributed by atoms with Crippen LogP contribution in [0.2, 0.25) is 0 Å². The van der Waals surface area contributed by atoms with Crippen molar-refractivity contribution in [3.63, 3.8) is 0 Å². The van der Waals surface area contributed by atoms with E-state index in [2.05, 4.69) is 5.32 Å². The van der Waals surface area contributed by atoms with Crippen LogP contribution in [0.15, 0.2) is 0 Å². The van der Waals surface area contributed by atoms with Crippen LogP contribution in [-0.2, 0) is 0 Å². The number of nitrogens with zero attached hydrogens (tertiary/aromatic N) is 1. The molecule has 0 aromatic rings. The van der Waals surface area contributed by atoms with Crippen molar-refractivity contribution < 1.29 is 4.39 Å². The number of rotatable bonds is 1. The Hall–Kier alpha value is -0.150. The van der Waals surface area contributed by atoms with E-state index in [9.17, 15) is 4.39 Å². The van der Waals surface area contributed by atoms with Crippen molar-refractivity contribution >= 4 is 0 Å². The summed E-state index contributed by atoms with van der Waals surface area (Å²) in [5, 5.41) is 4.19. The standard InChI is InChI=1S/C7H12FN2/c8-2-5-1-7(9)4-10-3-6(5)7/h5-6H,1-4,9H2/t5-,6-,7+/m0/s1. The minimum absolute atomic E-state index is 0.100. The fourth-order valence-corrected chi connectivity index (χ4v) is 2.18. The molecule has 0 unspecified atom stereocenters. The summed E-state index contributed by atoms with van der Waals surface area (Å²) in [6, 6.07) is 0. The Balaban J connectivity index is 2.04. The Bertz CT molecular complexity index is 151. The first-order chi connectivity index (χ1) is 4.76. The lowest BCUT2D eigenvalue weighted by Gasteiger charge is -2.46. The molecule has 2 nitrogen and oxygen atoms in total. The highest BCUT2D eigenvalue weighted by molar-refractivity contribution is 5.11. The number of hydrogen-bond donors (Lipinski definition) is 1. The zero-order valence-electron chi connectivity index (χ0n) is 5.89. The summed E-state index contributed by atoms with van der Waals surface area (Å²) in [5.41, 5.74) is 5.81. The smallest absolute Gasteiger partial charge is 0.0927 e. The Labute approximate surface area is 60.0 Å². The SMILES string of the molecule is N[C@]12C[N]C[C@H]1[C@H](CF)C2. The molecule has 2 fully saturated rings. The van der Waals surface area contributed by atoms with Crippen molar-refractivity contribution in [1.82, 2.24) is 5.32 Å². The van der Waals surface area contributed by atoms with Crippen LogP contribution in [0.1, 0.15) is 6.42 Å². The Morgan fingerprint density at radius 2 is 2.50 bits per heavy atom. The lowest BCUT2D eigenvalue weighted by atomic mass is 9.62. The van der Waals surface area contributed by atoms with Crippen LogP contribution >= 0.6 is 0 Å². The molecule has 0 spiro atoms. The van der Waals surface area contributed by atoms with Crippen molar-refractivity contribution in [3.8, 4) is 0 Å². The Morgan fingerprint density at radius 3 is 3.10 bits per heavy atom. The van der Waals surface area contributed by atoms with Crippen LogP contribution < -0.4 is 11.1 Å². The van der Waals surface area contributed by atoms with E-state index in [-0.39, 0.29) is 18.1 Å². The summed E-state index contributed by atoms with van der Waals surface area (Å²) in [6.45, 7) is 1.35. The summed E-state index contributed by atoms with van der Waals surface area (Å²) in [7, 11) is 0. The fraction of sp³-hybridized carbons (Fsp3) is 1.00. The quantitative estimate of drug-likeness (QED) is 0.547. The highest BCUT2D eigenvalue weighted by Gasteiger charge is 2.54. The minimum atomic E-state index is -0.209. The molecule has 1 heterocycles. The average molecular weight is 143 g/mol. The van der Waals surface area contributed by atoms with Gasteiger partial charge in [0.15, 0.2) is 0 Å². The van der Waals surface area contributed by atoms with E-state index in [0.717, 1.165) is 19.5 Å². The summed E-state index contributed by atoms with van der Waals surface area (Å²) in [6.07, 6.45) is 0.845. The van der Waals surface area contributed by atoms with E-state index < -0.39 is 0 Å². The highest BCUT2D eigenvalue weighted by Crippen LogP contribution is 2.44. The van der Waals surface area contributed by atoms with Gasteiger partial charge in [0.25, 0.3) is 0 Å². The van der Waals surface area contributed by atoms with Crippen molar-refractivity contribution in [2.45, 2.75) is 12.0 Å². The first-order valence-corrected chi connectivity index (χ1v) is 3.74. The number of nitrogens with two attached hydrogens (primary N) is 1. The van der Waals surface area contributed by atoms with Gasteiger partial charge in [0.1, 0.15) is 0 Å². The average Bonchev–Trinajstić information content (AvgIpc) is 2.16. The first kappa shape index (κ1) is 6.55. The second-order valence-corrected chi connectivity index (χ2v) is 3.52. The Morgan fingerprint density at radius 1 is 1.70 bits per heavy atom. The van der Waals surface area contributed by atoms with Gasteiger partial charge < -0.3 is 5.73 Å². The first-order valence-electron chi connectivity index (χ1n) is 3.74. The summed E-state index contributed by atoms with van der Waals surface area (Å²) in [4.78, 5) is 0. The maximum Gasteiger partial charge on any atom is 0.0927 e. The number of fused-ring (bicyclic) bond motifs is 1. The molecule has 0 bridgehead atoms. The molecular formula is C7H12FN2. The topological polar surface area (TPSA) is 40.1 Å². The van der Waals surface area contributed by atoms with E-state index >= 15 is 0 Å². The van der Waals surface area contributed by atoms with Gasteiger partial charge in [-0.15, -0.1) is 0 Å². The molecular weight excluding hydrogens is 131 g/mol. The lowest BCUT2D eigenvalue weighted by molar-refractivity contribution is 0.0629. The van der Waals surface area contributed by atoms with Gasteiger partial charge in [0, 0.05) is 18.6 Å². The molecule has 1 radical (unpaired) electrons. The molecule has 3 atom stereocenters. The van der Waals surface area contributed by atoms with Crippen LogP contribution in [0.3, 0.4) is 0 Å². The van der Waals surface area contributed by atoms with Gasteiger partial charge in [0.2, 0.25) is 0 Å². The summed E-state index contributed by atoms with van der Waals surface area (Å²) >= 11 is 0. The zero-order valence-corrected chi connectivity index (χ0v) is 5.89. The van der Waals surface area contributed by atoms with Gasteiger partial charge in [-0.05, 0) is 18.3 Å². The van der Waals surface area contributed by atoms with Crippen molar-refractivity contribution in [2.75, 3.05) is 19.8 Å². The normalized spacial score (nSPS) is 52.2. The summed E-state index contributed by atoms with van der Waals surface area (Å²) in [5.74, 6) is 0.578. The van der Waals surface area contributed by atoms with Gasteiger partial charge >= 0.3 is 0 Å². The number of hydrogen-bond acceptors (Lipinski definition) is 1. The van der Waals surface area contributed by atoms with Crippen LogP contribution in [-0.4, -0.2) is 25.3 Å². The van der Waals surface area contributed by atoms with Gasteiger partial charge in [-0.25, -0.2) is 5.32 Å². The predicted octanol–water partition coefficient (Wildman–Crippen LogP) is -0.0925. The fourth-order valence-electron chi connectivity index (χ4n) is 2.18. The van der Waals surface area contributed by atoms with Crippen molar-refractivity contribution in [3.05, 3.63) is 0 Å². The molecule has 0 aromatic heterocycles. The predicted molar refractivity (Wildman–Crippen MR) is 36.4 cm³/mol. The monoisotopic (exact) mass is 143 g/mol. The third kappa shape index (κ3) is 0.648. The third-order valence-corrected chi connectivity index (χ3v) is 2.88. The lowest BCUT2D eigenvalue weighted by Crippen LogP contribution is -2.60. The molecule has 2 aliphatic rings. The Kier molecular flexibility index (Phi) is 1.26. The molecule has 2 rings (SSSR count). The summed E-state index contributed by atoms with van der Waals surface area (Å²) < 4.78 is 12.1. The zero-order chi connectivity index (χ0) is 7.19. The molecule has 1 saturated heterocycles. The molecule has 1 aliphatic heterocycles. The van der Waals surface area contributed by atoms with E-state index in [1.54, 1.807) is 0 Å². The molecule has 1 saturated carbocycles. The second-order valence-electron chi connectivity index (χ2n) is 3.52. The largest absolute Gasteiger partial charge is 0.324 e. The molecule has 2 N–H and O–H groups in total. The molecule has 57 valence electrons. The molecule has 3 heteroatoms. The van der Waals surface area contributed by atoms with Gasteiger partial charge in [-0.1, -0.05) is 0 Å². The van der Waals surface area contributed by atoms with E-state index in [4.69, 9.17) is 5.73 Å². The number of halogens is 1. The maximum atomic E-state index is 12.1. The van der Waals surface area contributed by atoms with Crippen molar-refractivity contribution in [1.29, 1.82) is 0 Å². The number of alkyl halides is 1. The second kappa shape index (κ2) is 1.92. The minimum Gasteiger partial charge on any atom is -0.324 e. The third-order valence-electron chi connectivity index (χ3n) is 2.88. The highest BCUT2D eigenvalue weighted by atomic mass is 19.1. The molecule has 0 aromatic carbocycles.